The summed E-state index contributed by atoms with van der Waals surface area (Å²) in [6.07, 6.45) is -1.90. The van der Waals surface area contributed by atoms with Crippen LogP contribution in [0.3, 0.4) is 0 Å². The lowest BCUT2D eigenvalue weighted by Crippen LogP contribution is -2.44. The molecular formula is C17H24F3N3OS. The molecule has 1 aliphatic rings. The molecular weight excluding hydrogens is 351 g/mol. The second-order valence-corrected chi connectivity index (χ2v) is 8.08. The fourth-order valence-electron chi connectivity index (χ4n) is 2.44. The van der Waals surface area contributed by atoms with Crippen LogP contribution in [0, 0.1) is 0 Å². The summed E-state index contributed by atoms with van der Waals surface area (Å²) in [5.41, 5.74) is 0.567. The molecule has 4 nitrogen and oxygen atoms in total. The van der Waals surface area contributed by atoms with Crippen LogP contribution in [-0.2, 0) is 0 Å². The molecule has 0 aliphatic heterocycles. The van der Waals surface area contributed by atoms with Crippen LogP contribution < -0.4 is 15.4 Å². The maximum absolute atomic E-state index is 12.5. The van der Waals surface area contributed by atoms with E-state index in [1.54, 1.807) is 37.0 Å². The van der Waals surface area contributed by atoms with Crippen LogP contribution in [0.4, 0.5) is 13.2 Å². The fourth-order valence-corrected chi connectivity index (χ4v) is 2.66. The van der Waals surface area contributed by atoms with Crippen LogP contribution >= 0.6 is 11.8 Å². The number of rotatable bonds is 6. The average Bonchev–Trinajstić information content (AvgIpc) is 3.29. The maximum atomic E-state index is 12.5. The van der Waals surface area contributed by atoms with E-state index in [4.69, 9.17) is 0 Å². The summed E-state index contributed by atoms with van der Waals surface area (Å²) < 4.78 is 41.8. The van der Waals surface area contributed by atoms with Crippen molar-refractivity contribution in [3.8, 4) is 5.75 Å². The van der Waals surface area contributed by atoms with Crippen molar-refractivity contribution < 1.29 is 17.9 Å². The van der Waals surface area contributed by atoms with Gasteiger partial charge in [-0.1, -0.05) is 18.2 Å². The Morgan fingerprint density at radius 1 is 1.32 bits per heavy atom. The minimum atomic E-state index is -4.69. The number of nitrogens with zero attached hydrogens (tertiary/aromatic N) is 1. The third-order valence-corrected chi connectivity index (χ3v) is 5.36. The van der Waals surface area contributed by atoms with Gasteiger partial charge >= 0.3 is 6.36 Å². The van der Waals surface area contributed by atoms with Crippen LogP contribution in [-0.4, -0.2) is 43.0 Å². The van der Waals surface area contributed by atoms with Gasteiger partial charge in [0.15, 0.2) is 5.96 Å². The van der Waals surface area contributed by atoms with Gasteiger partial charge < -0.3 is 15.4 Å². The van der Waals surface area contributed by atoms with E-state index in [1.807, 2.05) is 6.26 Å². The number of ether oxygens (including phenoxy) is 1. The Labute approximate surface area is 150 Å². The topological polar surface area (TPSA) is 45.7 Å². The van der Waals surface area contributed by atoms with Gasteiger partial charge in [-0.2, -0.15) is 11.8 Å². The van der Waals surface area contributed by atoms with Gasteiger partial charge in [-0.3, -0.25) is 4.99 Å². The lowest BCUT2D eigenvalue weighted by molar-refractivity contribution is -0.274. The van der Waals surface area contributed by atoms with E-state index in [-0.39, 0.29) is 22.5 Å². The molecule has 1 aliphatic carbocycles. The van der Waals surface area contributed by atoms with Crippen LogP contribution in [0.15, 0.2) is 29.3 Å². The standard InChI is InChI=1S/C17H24F3N3OS/c1-16(2,25-4)10-22-15(21-3)23-13-9-12(13)11-7-5-6-8-14(11)24-17(18,19)20/h5-8,12-13H,9-10H2,1-4H3,(H2,21,22,23). The van der Waals surface area contributed by atoms with E-state index in [0.29, 0.717) is 11.5 Å². The minimum Gasteiger partial charge on any atom is -0.405 e. The Kier molecular flexibility index (Phi) is 6.13. The Hall–Kier alpha value is -1.57. The van der Waals surface area contributed by atoms with Gasteiger partial charge in [0, 0.05) is 30.3 Å². The highest BCUT2D eigenvalue weighted by Crippen LogP contribution is 2.45. The quantitative estimate of drug-likeness (QED) is 0.587. The highest BCUT2D eigenvalue weighted by molar-refractivity contribution is 7.99. The molecule has 2 unspecified atom stereocenters. The zero-order valence-corrected chi connectivity index (χ0v) is 15.6. The molecule has 0 amide bonds. The lowest BCUT2D eigenvalue weighted by atomic mass is 10.1. The molecule has 0 spiro atoms. The first kappa shape index (κ1) is 19.8. The number of benzene rings is 1. The molecule has 0 bridgehead atoms. The summed E-state index contributed by atoms with van der Waals surface area (Å²) in [5, 5.41) is 6.53. The molecule has 25 heavy (non-hydrogen) atoms. The van der Waals surface area contributed by atoms with Crippen molar-refractivity contribution in [2.75, 3.05) is 19.8 Å². The first-order valence-electron chi connectivity index (χ1n) is 8.02. The number of alkyl halides is 3. The Morgan fingerprint density at radius 2 is 2.00 bits per heavy atom. The average molecular weight is 375 g/mol. The van der Waals surface area contributed by atoms with Crippen molar-refractivity contribution in [1.82, 2.24) is 10.6 Å². The van der Waals surface area contributed by atoms with Crippen molar-refractivity contribution in [3.63, 3.8) is 0 Å². The zero-order chi connectivity index (χ0) is 18.7. The number of thioether (sulfide) groups is 1. The van der Waals surface area contributed by atoms with Crippen molar-refractivity contribution in [2.24, 2.45) is 4.99 Å². The molecule has 140 valence electrons. The van der Waals surface area contributed by atoms with E-state index >= 15 is 0 Å². The number of halogens is 3. The second-order valence-electron chi connectivity index (χ2n) is 6.57. The van der Waals surface area contributed by atoms with Crippen LogP contribution in [0.25, 0.3) is 0 Å². The number of guanidine groups is 1. The number of hydrogen-bond acceptors (Lipinski definition) is 3. The monoisotopic (exact) mass is 375 g/mol. The third-order valence-electron chi connectivity index (χ3n) is 4.11. The highest BCUT2D eigenvalue weighted by atomic mass is 32.2. The van der Waals surface area contributed by atoms with Crippen LogP contribution in [0.5, 0.6) is 5.75 Å². The summed E-state index contributed by atoms with van der Waals surface area (Å²) in [4.78, 5) is 4.19. The smallest absolute Gasteiger partial charge is 0.405 e. The normalized spacial score (nSPS) is 21.0. The van der Waals surface area contributed by atoms with Gasteiger partial charge in [0.1, 0.15) is 5.75 Å². The summed E-state index contributed by atoms with van der Waals surface area (Å²) in [7, 11) is 1.68. The first-order chi connectivity index (χ1) is 11.6. The Bertz CT molecular complexity index is 619. The SMILES string of the molecule is CN=C(NCC(C)(C)SC)NC1CC1c1ccccc1OC(F)(F)F. The van der Waals surface area contributed by atoms with Crippen molar-refractivity contribution in [1.29, 1.82) is 0 Å². The lowest BCUT2D eigenvalue weighted by Gasteiger charge is -2.23. The van der Waals surface area contributed by atoms with E-state index < -0.39 is 6.36 Å². The molecule has 0 aromatic heterocycles. The van der Waals surface area contributed by atoms with E-state index in [2.05, 4.69) is 34.2 Å². The summed E-state index contributed by atoms with van der Waals surface area (Å²) in [6.45, 7) is 4.99. The van der Waals surface area contributed by atoms with Gasteiger partial charge in [0.2, 0.25) is 0 Å². The molecule has 2 atom stereocenters. The summed E-state index contributed by atoms with van der Waals surface area (Å²) in [6, 6.07) is 6.34. The number of aliphatic imine (C=N–C) groups is 1. The molecule has 0 saturated heterocycles. The maximum Gasteiger partial charge on any atom is 0.573 e. The van der Waals surface area contributed by atoms with Gasteiger partial charge in [0.05, 0.1) is 0 Å². The van der Waals surface area contributed by atoms with E-state index in [9.17, 15) is 13.2 Å². The number of para-hydroxylation sites is 1. The van der Waals surface area contributed by atoms with Crippen molar-refractivity contribution >= 4 is 17.7 Å². The molecule has 1 aromatic rings. The molecule has 1 aromatic carbocycles. The molecule has 8 heteroatoms. The highest BCUT2D eigenvalue weighted by Gasteiger charge is 2.42. The largest absolute Gasteiger partial charge is 0.573 e. The van der Waals surface area contributed by atoms with Crippen LogP contribution in [0.1, 0.15) is 31.7 Å². The number of hydrogen-bond donors (Lipinski definition) is 2. The Balaban J connectivity index is 1.96. The molecule has 2 N–H and O–H groups in total. The predicted molar refractivity (Wildman–Crippen MR) is 96.4 cm³/mol. The molecule has 1 saturated carbocycles. The Morgan fingerprint density at radius 3 is 2.60 bits per heavy atom. The summed E-state index contributed by atoms with van der Waals surface area (Å²) in [5.74, 6) is 0.505. The van der Waals surface area contributed by atoms with Gasteiger partial charge in [-0.05, 0) is 38.2 Å². The van der Waals surface area contributed by atoms with E-state index in [0.717, 1.165) is 13.0 Å². The molecule has 1 fully saturated rings. The van der Waals surface area contributed by atoms with Gasteiger partial charge in [0.25, 0.3) is 0 Å². The predicted octanol–water partition coefficient (Wildman–Crippen LogP) is 3.75. The molecule has 0 radical (unpaired) electrons. The third kappa shape index (κ3) is 6.02. The molecule has 2 rings (SSSR count). The fraction of sp³-hybridized carbons (Fsp3) is 0.588. The van der Waals surface area contributed by atoms with Gasteiger partial charge in [-0.25, -0.2) is 0 Å². The first-order valence-corrected chi connectivity index (χ1v) is 9.24. The van der Waals surface area contributed by atoms with Crippen molar-refractivity contribution in [3.05, 3.63) is 29.8 Å². The second kappa shape index (κ2) is 7.76. The number of nitrogens with one attached hydrogen (secondary N) is 2. The summed E-state index contributed by atoms with van der Waals surface area (Å²) >= 11 is 1.75. The van der Waals surface area contributed by atoms with E-state index in [1.165, 1.54) is 6.07 Å². The van der Waals surface area contributed by atoms with Gasteiger partial charge in [-0.15, -0.1) is 13.2 Å². The zero-order valence-electron chi connectivity index (χ0n) is 14.8. The minimum absolute atomic E-state index is 0.0225. The van der Waals surface area contributed by atoms with Crippen LogP contribution in [0.2, 0.25) is 0 Å². The molecule has 0 heterocycles. The van der Waals surface area contributed by atoms with Crippen molar-refractivity contribution in [2.45, 2.75) is 43.3 Å².